The molecule has 0 aromatic heterocycles. The first kappa shape index (κ1) is 12.0. The molecule has 1 aliphatic rings. The number of likely N-dealkylation sites (N-methyl/N-ethyl adjacent to an activating group) is 2. The summed E-state index contributed by atoms with van der Waals surface area (Å²) in [5.41, 5.74) is 0. The van der Waals surface area contributed by atoms with E-state index in [0.717, 1.165) is 25.6 Å². The molecular weight excluding hydrogens is 174 g/mol. The molecule has 1 aliphatic carbocycles. The van der Waals surface area contributed by atoms with Crippen LogP contribution >= 0.6 is 0 Å². The summed E-state index contributed by atoms with van der Waals surface area (Å²) >= 11 is 0. The standard InChI is InChI=1S/C11H25N3/c1-13(2)8-6-12-7-9-14(3)10-11-4-5-11/h11-12H,4-10H2,1-3H3. The van der Waals surface area contributed by atoms with E-state index in [9.17, 15) is 0 Å². The topological polar surface area (TPSA) is 18.5 Å². The normalized spacial score (nSPS) is 16.9. The molecule has 0 amide bonds. The van der Waals surface area contributed by atoms with E-state index in [2.05, 4.69) is 36.3 Å². The second-order valence-corrected chi connectivity index (χ2v) is 4.76. The summed E-state index contributed by atoms with van der Waals surface area (Å²) in [5.74, 6) is 1.02. The molecule has 3 nitrogen and oxygen atoms in total. The smallest absolute Gasteiger partial charge is 0.0104 e. The lowest BCUT2D eigenvalue weighted by molar-refractivity contribution is 0.314. The third kappa shape index (κ3) is 6.35. The minimum absolute atomic E-state index is 1.02. The van der Waals surface area contributed by atoms with Crippen LogP contribution in [0.15, 0.2) is 0 Å². The van der Waals surface area contributed by atoms with Gasteiger partial charge in [0, 0.05) is 32.7 Å². The van der Waals surface area contributed by atoms with Crippen molar-refractivity contribution in [2.75, 3.05) is 53.9 Å². The molecule has 1 rings (SSSR count). The highest BCUT2D eigenvalue weighted by Crippen LogP contribution is 2.29. The van der Waals surface area contributed by atoms with E-state index in [1.54, 1.807) is 0 Å². The summed E-state index contributed by atoms with van der Waals surface area (Å²) in [6.07, 6.45) is 2.91. The van der Waals surface area contributed by atoms with Crippen molar-refractivity contribution in [1.29, 1.82) is 0 Å². The Morgan fingerprint density at radius 2 is 1.71 bits per heavy atom. The zero-order valence-electron chi connectivity index (χ0n) is 9.92. The second kappa shape index (κ2) is 6.38. The number of nitrogens with zero attached hydrogens (tertiary/aromatic N) is 2. The number of nitrogens with one attached hydrogen (secondary N) is 1. The van der Waals surface area contributed by atoms with Gasteiger partial charge in [-0.2, -0.15) is 0 Å². The highest BCUT2D eigenvalue weighted by molar-refractivity contribution is 4.76. The lowest BCUT2D eigenvalue weighted by Gasteiger charge is -2.17. The molecule has 1 fully saturated rings. The molecule has 0 aromatic rings. The van der Waals surface area contributed by atoms with Crippen molar-refractivity contribution in [1.82, 2.24) is 15.1 Å². The van der Waals surface area contributed by atoms with Crippen molar-refractivity contribution in [3.63, 3.8) is 0 Å². The first-order valence-corrected chi connectivity index (χ1v) is 5.72. The van der Waals surface area contributed by atoms with Crippen LogP contribution in [0.4, 0.5) is 0 Å². The Hall–Kier alpha value is -0.120. The molecule has 0 saturated heterocycles. The van der Waals surface area contributed by atoms with Crippen molar-refractivity contribution < 1.29 is 0 Å². The first-order valence-electron chi connectivity index (χ1n) is 5.72. The van der Waals surface area contributed by atoms with Crippen molar-refractivity contribution in [3.8, 4) is 0 Å². The second-order valence-electron chi connectivity index (χ2n) is 4.76. The summed E-state index contributed by atoms with van der Waals surface area (Å²) in [6.45, 7) is 5.84. The Balaban J connectivity index is 1.82. The fourth-order valence-corrected chi connectivity index (χ4v) is 1.53. The summed E-state index contributed by atoms with van der Waals surface area (Å²) in [7, 11) is 6.45. The quantitative estimate of drug-likeness (QED) is 0.574. The Morgan fingerprint density at radius 1 is 1.07 bits per heavy atom. The zero-order chi connectivity index (χ0) is 10.4. The van der Waals surface area contributed by atoms with Crippen LogP contribution in [-0.4, -0.2) is 63.7 Å². The predicted octanol–water partition coefficient (Wildman–Crippen LogP) is 0.479. The molecule has 0 bridgehead atoms. The van der Waals surface area contributed by atoms with Crippen LogP contribution in [0.25, 0.3) is 0 Å². The number of hydrogen-bond acceptors (Lipinski definition) is 3. The van der Waals surface area contributed by atoms with Gasteiger partial charge in [-0.05, 0) is 39.9 Å². The molecule has 14 heavy (non-hydrogen) atoms. The lowest BCUT2D eigenvalue weighted by Crippen LogP contribution is -2.33. The maximum Gasteiger partial charge on any atom is 0.0104 e. The van der Waals surface area contributed by atoms with Gasteiger partial charge in [0.1, 0.15) is 0 Å². The van der Waals surface area contributed by atoms with Gasteiger partial charge in [0.15, 0.2) is 0 Å². The van der Waals surface area contributed by atoms with Crippen LogP contribution in [0.1, 0.15) is 12.8 Å². The third-order valence-electron chi connectivity index (χ3n) is 2.67. The molecule has 0 radical (unpaired) electrons. The predicted molar refractivity (Wildman–Crippen MR) is 61.6 cm³/mol. The van der Waals surface area contributed by atoms with Gasteiger partial charge in [0.25, 0.3) is 0 Å². The number of hydrogen-bond donors (Lipinski definition) is 1. The van der Waals surface area contributed by atoms with E-state index < -0.39 is 0 Å². The monoisotopic (exact) mass is 199 g/mol. The van der Waals surface area contributed by atoms with E-state index in [1.165, 1.54) is 25.9 Å². The molecule has 0 spiro atoms. The van der Waals surface area contributed by atoms with Gasteiger partial charge in [0.05, 0.1) is 0 Å². The summed E-state index contributed by atoms with van der Waals surface area (Å²) in [5, 5.41) is 3.46. The molecule has 0 aromatic carbocycles. The minimum atomic E-state index is 1.02. The minimum Gasteiger partial charge on any atom is -0.314 e. The number of rotatable bonds is 8. The highest BCUT2D eigenvalue weighted by atomic mass is 15.1. The largest absolute Gasteiger partial charge is 0.314 e. The van der Waals surface area contributed by atoms with Crippen LogP contribution in [0.3, 0.4) is 0 Å². The van der Waals surface area contributed by atoms with Gasteiger partial charge in [-0.1, -0.05) is 0 Å². The van der Waals surface area contributed by atoms with Gasteiger partial charge >= 0.3 is 0 Å². The summed E-state index contributed by atoms with van der Waals surface area (Å²) in [4.78, 5) is 4.65. The summed E-state index contributed by atoms with van der Waals surface area (Å²) < 4.78 is 0. The van der Waals surface area contributed by atoms with Gasteiger partial charge in [-0.15, -0.1) is 0 Å². The van der Waals surface area contributed by atoms with Crippen molar-refractivity contribution in [2.24, 2.45) is 5.92 Å². The maximum atomic E-state index is 3.46. The van der Waals surface area contributed by atoms with E-state index >= 15 is 0 Å². The molecule has 3 heteroatoms. The first-order chi connectivity index (χ1) is 6.68. The Bertz CT molecular complexity index is 143. The Morgan fingerprint density at radius 3 is 2.29 bits per heavy atom. The van der Waals surface area contributed by atoms with Gasteiger partial charge in [-0.3, -0.25) is 0 Å². The SMILES string of the molecule is CN(C)CCNCCN(C)CC1CC1. The third-order valence-corrected chi connectivity index (χ3v) is 2.67. The van der Waals surface area contributed by atoms with Crippen LogP contribution in [0.2, 0.25) is 0 Å². The molecule has 1 saturated carbocycles. The summed E-state index contributed by atoms with van der Waals surface area (Å²) in [6, 6.07) is 0. The highest BCUT2D eigenvalue weighted by Gasteiger charge is 2.22. The molecule has 1 N–H and O–H groups in total. The van der Waals surface area contributed by atoms with Crippen LogP contribution < -0.4 is 5.32 Å². The molecule has 84 valence electrons. The lowest BCUT2D eigenvalue weighted by atomic mass is 10.4. The average molecular weight is 199 g/mol. The van der Waals surface area contributed by atoms with Crippen LogP contribution in [0.5, 0.6) is 0 Å². The fraction of sp³-hybridized carbons (Fsp3) is 1.00. The molecule has 0 atom stereocenters. The van der Waals surface area contributed by atoms with Crippen molar-refractivity contribution in [3.05, 3.63) is 0 Å². The molecule has 0 aliphatic heterocycles. The Kier molecular flexibility index (Phi) is 5.45. The van der Waals surface area contributed by atoms with E-state index in [1.807, 2.05) is 0 Å². The van der Waals surface area contributed by atoms with Gasteiger partial charge in [-0.25, -0.2) is 0 Å². The fourth-order valence-electron chi connectivity index (χ4n) is 1.53. The molecular formula is C11H25N3. The van der Waals surface area contributed by atoms with Crippen molar-refractivity contribution >= 4 is 0 Å². The van der Waals surface area contributed by atoms with E-state index in [-0.39, 0.29) is 0 Å². The van der Waals surface area contributed by atoms with Crippen molar-refractivity contribution in [2.45, 2.75) is 12.8 Å². The van der Waals surface area contributed by atoms with Crippen LogP contribution in [-0.2, 0) is 0 Å². The van der Waals surface area contributed by atoms with E-state index in [0.29, 0.717) is 0 Å². The maximum absolute atomic E-state index is 3.46. The van der Waals surface area contributed by atoms with Crippen LogP contribution in [0, 0.1) is 5.92 Å². The van der Waals surface area contributed by atoms with E-state index in [4.69, 9.17) is 0 Å². The Labute approximate surface area is 88.5 Å². The van der Waals surface area contributed by atoms with Gasteiger partial charge in [0.2, 0.25) is 0 Å². The molecule has 0 unspecified atom stereocenters. The molecule has 0 heterocycles. The average Bonchev–Trinajstić information content (AvgIpc) is 2.87. The zero-order valence-corrected chi connectivity index (χ0v) is 9.92. The van der Waals surface area contributed by atoms with Gasteiger partial charge < -0.3 is 15.1 Å².